The Morgan fingerprint density at radius 3 is 0.960 bits per heavy atom. The largest absolute Gasteiger partial charge is 0.497 e. The summed E-state index contributed by atoms with van der Waals surface area (Å²) in [6, 6.07) is 26.2. The smallest absolute Gasteiger partial charge is 0.236 e. The zero-order valence-corrected chi connectivity index (χ0v) is 29.4. The molecule has 1 saturated carbocycles. The molecule has 2 atom stereocenters. The van der Waals surface area contributed by atoms with Gasteiger partial charge in [0, 0.05) is 0 Å². The van der Waals surface area contributed by atoms with E-state index in [-0.39, 0.29) is 0 Å². The van der Waals surface area contributed by atoms with Crippen molar-refractivity contribution in [1.82, 2.24) is 10.6 Å². The number of benzene rings is 4. The van der Waals surface area contributed by atoms with E-state index in [2.05, 4.69) is 10.6 Å². The molecule has 4 aromatic rings. The first kappa shape index (κ1) is 36.2. The van der Waals surface area contributed by atoms with Gasteiger partial charge in [0.1, 0.15) is 39.6 Å². The number of nitrogens with one attached hydrogen (secondary N) is 2. The minimum atomic E-state index is -1.67. The molecule has 264 valence electrons. The summed E-state index contributed by atoms with van der Waals surface area (Å²) in [6.45, 7) is 3.43. The predicted molar refractivity (Wildman–Crippen MR) is 189 cm³/mol. The van der Waals surface area contributed by atoms with Gasteiger partial charge in [0.25, 0.3) is 0 Å². The lowest BCUT2D eigenvalue weighted by molar-refractivity contribution is -0.152. The predicted octanol–water partition coefficient (Wildman–Crippen LogP) is 5.07. The molecule has 1 fully saturated rings. The maximum atomic E-state index is 14.2. The van der Waals surface area contributed by atoms with Crippen molar-refractivity contribution in [2.45, 2.75) is 56.4 Å². The minimum Gasteiger partial charge on any atom is -0.497 e. The topological polar surface area (TPSA) is 136 Å². The quantitative estimate of drug-likeness (QED) is 0.136. The number of rotatable bonds is 14. The third kappa shape index (κ3) is 6.60. The maximum Gasteiger partial charge on any atom is 0.236 e. The van der Waals surface area contributed by atoms with Crippen LogP contribution in [0.15, 0.2) is 97.1 Å². The highest BCUT2D eigenvalue weighted by Gasteiger charge is 2.53. The zero-order valence-electron chi connectivity index (χ0n) is 29.4. The second kappa shape index (κ2) is 14.8. The van der Waals surface area contributed by atoms with Gasteiger partial charge in [-0.25, -0.2) is 0 Å². The summed E-state index contributed by atoms with van der Waals surface area (Å²) in [4.78, 5) is 28.4. The van der Waals surface area contributed by atoms with E-state index in [1.807, 2.05) is 0 Å². The van der Waals surface area contributed by atoms with Crippen LogP contribution in [0.4, 0.5) is 0 Å². The van der Waals surface area contributed by atoms with Crippen molar-refractivity contribution >= 4 is 11.8 Å². The van der Waals surface area contributed by atoms with Crippen molar-refractivity contribution in [3.63, 3.8) is 0 Å². The Bertz CT molecular complexity index is 1530. The van der Waals surface area contributed by atoms with Gasteiger partial charge in [0.15, 0.2) is 0 Å². The van der Waals surface area contributed by atoms with Gasteiger partial charge in [-0.2, -0.15) is 0 Å². The summed E-state index contributed by atoms with van der Waals surface area (Å²) in [5.74, 6) is 1.46. The Morgan fingerprint density at radius 1 is 0.540 bits per heavy atom. The Morgan fingerprint density at radius 2 is 0.780 bits per heavy atom. The van der Waals surface area contributed by atoms with Crippen LogP contribution >= 0.6 is 0 Å². The highest BCUT2D eigenvalue weighted by molar-refractivity contribution is 6.06. The lowest BCUT2D eigenvalue weighted by Gasteiger charge is -2.44. The van der Waals surface area contributed by atoms with Crippen LogP contribution in [-0.2, 0) is 20.8 Å². The Labute approximate surface area is 293 Å². The summed E-state index contributed by atoms with van der Waals surface area (Å²) in [7, 11) is 6.25. The summed E-state index contributed by atoms with van der Waals surface area (Å²) in [5.41, 5.74) is -2.63. The zero-order chi connectivity index (χ0) is 36.1. The number of methoxy groups -OCH3 is 4. The molecule has 10 heteroatoms. The van der Waals surface area contributed by atoms with Crippen molar-refractivity contribution in [3.8, 4) is 23.0 Å². The van der Waals surface area contributed by atoms with Crippen LogP contribution < -0.4 is 29.6 Å². The Kier molecular flexibility index (Phi) is 10.7. The van der Waals surface area contributed by atoms with Crippen LogP contribution in [0.1, 0.15) is 55.4 Å². The molecule has 10 nitrogen and oxygen atoms in total. The van der Waals surface area contributed by atoms with Gasteiger partial charge in [-0.05, 0) is 97.5 Å². The van der Waals surface area contributed by atoms with E-state index < -0.39 is 40.5 Å². The molecule has 0 bridgehead atoms. The molecule has 5 rings (SSSR count). The molecular weight excluding hydrogens is 636 g/mol. The van der Waals surface area contributed by atoms with Crippen molar-refractivity contribution in [1.29, 1.82) is 0 Å². The van der Waals surface area contributed by atoms with Crippen molar-refractivity contribution < 1.29 is 38.7 Å². The van der Waals surface area contributed by atoms with Gasteiger partial charge in [-0.1, -0.05) is 55.0 Å². The molecular formula is C40H46N2O8. The second-order valence-electron chi connectivity index (χ2n) is 12.8. The van der Waals surface area contributed by atoms with Crippen molar-refractivity contribution in [2.75, 3.05) is 28.4 Å². The van der Waals surface area contributed by atoms with Crippen LogP contribution in [0.25, 0.3) is 0 Å². The number of hydrogen-bond acceptors (Lipinski definition) is 8. The van der Waals surface area contributed by atoms with Crippen LogP contribution in [-0.4, -0.2) is 62.6 Å². The van der Waals surface area contributed by atoms with Gasteiger partial charge < -0.3 is 39.8 Å². The molecule has 2 amide bonds. The maximum absolute atomic E-state index is 14.2. The fourth-order valence-electron chi connectivity index (χ4n) is 6.68. The molecule has 50 heavy (non-hydrogen) atoms. The van der Waals surface area contributed by atoms with E-state index >= 15 is 0 Å². The second-order valence-corrected chi connectivity index (χ2v) is 12.8. The van der Waals surface area contributed by atoms with Crippen LogP contribution in [0.5, 0.6) is 23.0 Å². The molecule has 1 aliphatic rings. The van der Waals surface area contributed by atoms with E-state index in [1.54, 1.807) is 139 Å². The molecule has 0 saturated heterocycles. The van der Waals surface area contributed by atoms with E-state index in [0.717, 1.165) is 0 Å². The highest BCUT2D eigenvalue weighted by Crippen LogP contribution is 2.44. The molecule has 1 aliphatic carbocycles. The third-order valence-corrected chi connectivity index (χ3v) is 10.1. The van der Waals surface area contributed by atoms with Crippen LogP contribution in [0, 0.1) is 5.41 Å². The normalized spacial score (nSPS) is 15.1. The SMILES string of the molecule is COc1ccc(C(O)(c2ccc(OC)cc2)[C@@H](C)NC(=O)C2(C(=O)N[C@H](C)C(O)(c3ccc(OC)cc3)c3ccc(OC)cc3)CCC2)cc1. The van der Waals surface area contributed by atoms with Crippen molar-refractivity contribution in [2.24, 2.45) is 5.41 Å². The van der Waals surface area contributed by atoms with Crippen LogP contribution in [0.3, 0.4) is 0 Å². The molecule has 0 aromatic heterocycles. The average molecular weight is 683 g/mol. The highest BCUT2D eigenvalue weighted by atomic mass is 16.5. The van der Waals surface area contributed by atoms with E-state index in [0.29, 0.717) is 64.5 Å². The number of amides is 2. The summed E-state index contributed by atoms with van der Waals surface area (Å²) >= 11 is 0. The molecule has 0 radical (unpaired) electrons. The van der Waals surface area contributed by atoms with Gasteiger partial charge >= 0.3 is 0 Å². The standard InChI is InChI=1S/C40H46N2O8/c1-26(39(45,28-8-16-32(47-3)17-9-28)29-10-18-33(48-4)19-11-29)41-36(43)38(24-7-25-38)37(44)42-27(2)40(46,30-12-20-34(49-5)21-13-30)31-14-22-35(50-6)23-15-31/h8-23,26-27,45-46H,7,24-25H2,1-6H3,(H,41,43)(H,42,44)/t26-,27-/m1/s1. The molecule has 4 aromatic carbocycles. The third-order valence-electron chi connectivity index (χ3n) is 10.1. The van der Waals surface area contributed by atoms with Crippen molar-refractivity contribution in [3.05, 3.63) is 119 Å². The first-order valence-corrected chi connectivity index (χ1v) is 16.6. The number of aliphatic hydroxyl groups is 2. The van der Waals surface area contributed by atoms with E-state index in [4.69, 9.17) is 18.9 Å². The van der Waals surface area contributed by atoms with Gasteiger partial charge in [0.2, 0.25) is 11.8 Å². The summed E-state index contributed by atoms with van der Waals surface area (Å²) < 4.78 is 21.3. The molecule has 0 unspecified atom stereocenters. The van der Waals surface area contributed by atoms with Gasteiger partial charge in [0.05, 0.1) is 40.5 Å². The van der Waals surface area contributed by atoms with E-state index in [1.165, 1.54) is 0 Å². The lowest BCUT2D eigenvalue weighted by atomic mass is 9.66. The number of carbonyl (C=O) groups excluding carboxylic acids is 2. The fraction of sp³-hybridized carbons (Fsp3) is 0.350. The van der Waals surface area contributed by atoms with Crippen LogP contribution in [0.2, 0.25) is 0 Å². The molecule has 4 N–H and O–H groups in total. The first-order chi connectivity index (χ1) is 24.0. The number of carbonyl (C=O) groups is 2. The van der Waals surface area contributed by atoms with Gasteiger partial charge in [-0.3, -0.25) is 9.59 Å². The molecule has 0 aliphatic heterocycles. The molecule has 0 spiro atoms. The average Bonchev–Trinajstić information content (AvgIpc) is 3.13. The first-order valence-electron chi connectivity index (χ1n) is 16.6. The Balaban J connectivity index is 1.44. The van der Waals surface area contributed by atoms with Gasteiger partial charge in [-0.15, -0.1) is 0 Å². The number of ether oxygens (including phenoxy) is 4. The monoisotopic (exact) mass is 682 g/mol. The fourth-order valence-corrected chi connectivity index (χ4v) is 6.68. The Hall–Kier alpha value is -5.06. The summed E-state index contributed by atoms with van der Waals surface area (Å²) in [6.07, 6.45) is 1.31. The van der Waals surface area contributed by atoms with E-state index in [9.17, 15) is 19.8 Å². The molecule has 0 heterocycles. The summed E-state index contributed by atoms with van der Waals surface area (Å²) in [5, 5.41) is 30.8. The number of hydrogen-bond donors (Lipinski definition) is 4. The lowest BCUT2D eigenvalue weighted by Crippen LogP contribution is -2.62. The minimum absolute atomic E-state index is 0.317.